The molecule has 27 heavy (non-hydrogen) atoms. The molecular weight excluding hydrogens is 391 g/mol. The number of fused-ring (bicyclic) bond motifs is 1. The molecule has 0 spiro atoms. The minimum absolute atomic E-state index is 0.0926. The molecule has 0 saturated heterocycles. The van der Waals surface area contributed by atoms with Crippen LogP contribution in [0.3, 0.4) is 0 Å². The van der Waals surface area contributed by atoms with Crippen molar-refractivity contribution >= 4 is 37.5 Å². The Morgan fingerprint density at radius 1 is 1.30 bits per heavy atom. The van der Waals surface area contributed by atoms with Crippen LogP contribution in [0.25, 0.3) is 10.2 Å². The van der Waals surface area contributed by atoms with Crippen LogP contribution in [0.1, 0.15) is 10.4 Å². The van der Waals surface area contributed by atoms with E-state index in [0.717, 1.165) is 35.6 Å². The average molecular weight is 404 g/mol. The van der Waals surface area contributed by atoms with Gasteiger partial charge in [-0.2, -0.15) is 8.42 Å². The molecular formula is C18H13FN2O4S2. The van der Waals surface area contributed by atoms with Crippen molar-refractivity contribution in [2.45, 2.75) is 11.4 Å². The summed E-state index contributed by atoms with van der Waals surface area (Å²) < 4.78 is 48.9. The van der Waals surface area contributed by atoms with Crippen molar-refractivity contribution in [1.29, 1.82) is 0 Å². The number of methoxy groups -OCH3 is 1. The second-order valence-electron chi connectivity index (χ2n) is 5.37. The van der Waals surface area contributed by atoms with Gasteiger partial charge in [-0.15, -0.1) is 10.8 Å². The summed E-state index contributed by atoms with van der Waals surface area (Å²) in [5.41, 5.74) is 0.964. The third-order valence-electron chi connectivity index (χ3n) is 3.66. The lowest BCUT2D eigenvalue weighted by molar-refractivity contribution is 0.0601. The molecule has 0 N–H and O–H groups in total. The number of benzene rings is 2. The van der Waals surface area contributed by atoms with Gasteiger partial charge in [-0.25, -0.2) is 9.18 Å². The van der Waals surface area contributed by atoms with E-state index in [1.165, 1.54) is 7.11 Å². The summed E-state index contributed by atoms with van der Waals surface area (Å²) in [7, 11) is -2.79. The molecule has 0 aliphatic heterocycles. The Labute approximate surface area is 158 Å². The molecule has 2 aromatic carbocycles. The van der Waals surface area contributed by atoms with Gasteiger partial charge in [0.1, 0.15) is 5.82 Å². The molecule has 0 unspecified atom stereocenters. The molecule has 0 amide bonds. The van der Waals surface area contributed by atoms with E-state index >= 15 is 0 Å². The second-order valence-corrected chi connectivity index (χ2v) is 7.98. The molecule has 0 saturated carbocycles. The maximum Gasteiger partial charge on any atom is 0.337 e. The molecule has 1 aromatic heterocycles. The fourth-order valence-electron chi connectivity index (χ4n) is 2.39. The van der Waals surface area contributed by atoms with Gasteiger partial charge < -0.3 is 9.30 Å². The van der Waals surface area contributed by atoms with Crippen molar-refractivity contribution in [3.63, 3.8) is 0 Å². The summed E-state index contributed by atoms with van der Waals surface area (Å²) in [6.07, 6.45) is 5.40. The SMILES string of the molecule is C#CCn1/c(=N/S(=O)(=O)c2ccc(F)cc2)sc2cc(C(=O)OC)ccc21. The van der Waals surface area contributed by atoms with E-state index in [-0.39, 0.29) is 16.2 Å². The van der Waals surface area contributed by atoms with Crippen LogP contribution in [0.15, 0.2) is 51.8 Å². The second kappa shape index (κ2) is 7.34. The number of thiazole rings is 1. The molecule has 0 fully saturated rings. The number of esters is 1. The highest BCUT2D eigenvalue weighted by Crippen LogP contribution is 2.21. The van der Waals surface area contributed by atoms with E-state index in [2.05, 4.69) is 10.3 Å². The zero-order valence-corrected chi connectivity index (χ0v) is 15.7. The van der Waals surface area contributed by atoms with E-state index in [4.69, 9.17) is 11.2 Å². The number of hydrogen-bond donors (Lipinski definition) is 0. The molecule has 9 heteroatoms. The summed E-state index contributed by atoms with van der Waals surface area (Å²) in [6, 6.07) is 9.18. The van der Waals surface area contributed by atoms with Crippen molar-refractivity contribution in [3.8, 4) is 12.3 Å². The lowest BCUT2D eigenvalue weighted by Gasteiger charge is -2.02. The van der Waals surface area contributed by atoms with Crippen LogP contribution in [0, 0.1) is 18.2 Å². The third kappa shape index (κ3) is 3.77. The average Bonchev–Trinajstić information content (AvgIpc) is 2.97. The Kier molecular flexibility index (Phi) is 5.12. The van der Waals surface area contributed by atoms with Crippen LogP contribution in [-0.4, -0.2) is 26.1 Å². The summed E-state index contributed by atoms with van der Waals surface area (Å²) in [5, 5.41) is 0. The van der Waals surface area contributed by atoms with Crippen LogP contribution < -0.4 is 4.80 Å². The van der Waals surface area contributed by atoms with Gasteiger partial charge in [-0.3, -0.25) is 0 Å². The zero-order chi connectivity index (χ0) is 19.6. The lowest BCUT2D eigenvalue weighted by Crippen LogP contribution is -2.16. The molecule has 1 heterocycles. The molecule has 138 valence electrons. The predicted octanol–water partition coefficient (Wildman–Crippen LogP) is 2.55. The summed E-state index contributed by atoms with van der Waals surface area (Å²) in [5.74, 6) is 1.40. The highest BCUT2D eigenvalue weighted by molar-refractivity contribution is 7.90. The molecule has 6 nitrogen and oxygen atoms in total. The highest BCUT2D eigenvalue weighted by atomic mass is 32.2. The topological polar surface area (TPSA) is 77.7 Å². The van der Waals surface area contributed by atoms with Gasteiger partial charge in [0.2, 0.25) is 4.80 Å². The highest BCUT2D eigenvalue weighted by Gasteiger charge is 2.16. The largest absolute Gasteiger partial charge is 0.465 e. The number of nitrogens with zero attached hydrogens (tertiary/aromatic N) is 2. The minimum Gasteiger partial charge on any atom is -0.465 e. The first kappa shape index (κ1) is 18.8. The van der Waals surface area contributed by atoms with E-state index in [9.17, 15) is 17.6 Å². The van der Waals surface area contributed by atoms with Crippen molar-refractivity contribution in [1.82, 2.24) is 4.57 Å². The maximum absolute atomic E-state index is 13.1. The van der Waals surface area contributed by atoms with Crippen molar-refractivity contribution in [3.05, 3.63) is 58.6 Å². The Balaban J connectivity index is 2.21. The normalized spacial score (nSPS) is 12.1. The zero-order valence-electron chi connectivity index (χ0n) is 14.0. The van der Waals surface area contributed by atoms with Gasteiger partial charge in [0.05, 0.1) is 34.3 Å². The number of aromatic nitrogens is 1. The number of ether oxygens (including phenoxy) is 1. The van der Waals surface area contributed by atoms with Crippen LogP contribution in [-0.2, 0) is 21.3 Å². The van der Waals surface area contributed by atoms with Gasteiger partial charge in [-0.05, 0) is 42.5 Å². The number of carbonyl (C=O) groups excluding carboxylic acids is 1. The fraction of sp³-hybridized carbons (Fsp3) is 0.111. The standard InChI is InChI=1S/C18H13FN2O4S2/c1-3-10-21-15-9-4-12(17(22)25-2)11-16(15)26-18(21)20-27(23,24)14-7-5-13(19)6-8-14/h1,4-9,11H,10H2,2H3/b20-18-. The number of carbonyl (C=O) groups is 1. The smallest absolute Gasteiger partial charge is 0.337 e. The molecule has 0 aliphatic rings. The minimum atomic E-state index is -4.06. The number of sulfonamides is 1. The van der Waals surface area contributed by atoms with Crippen molar-refractivity contribution in [2.24, 2.45) is 4.40 Å². The summed E-state index contributed by atoms with van der Waals surface area (Å²) in [6.45, 7) is 0.0926. The van der Waals surface area contributed by atoms with E-state index in [1.54, 1.807) is 22.8 Å². The van der Waals surface area contributed by atoms with Gasteiger partial charge in [0.25, 0.3) is 10.0 Å². The molecule has 3 rings (SSSR count). The van der Waals surface area contributed by atoms with E-state index < -0.39 is 21.8 Å². The Morgan fingerprint density at radius 2 is 2.00 bits per heavy atom. The van der Waals surface area contributed by atoms with Crippen LogP contribution >= 0.6 is 11.3 Å². The first-order valence-corrected chi connectivity index (χ1v) is 9.83. The quantitative estimate of drug-likeness (QED) is 0.495. The van der Waals surface area contributed by atoms with Crippen molar-refractivity contribution in [2.75, 3.05) is 7.11 Å². The number of terminal acetylenes is 1. The number of halogens is 1. The van der Waals surface area contributed by atoms with Gasteiger partial charge in [0, 0.05) is 0 Å². The Bertz CT molecular complexity index is 1230. The Morgan fingerprint density at radius 3 is 2.63 bits per heavy atom. The monoisotopic (exact) mass is 404 g/mol. The molecule has 0 atom stereocenters. The maximum atomic E-state index is 13.1. The van der Waals surface area contributed by atoms with Crippen molar-refractivity contribution < 1.29 is 22.3 Å². The van der Waals surface area contributed by atoms with E-state index in [0.29, 0.717) is 15.8 Å². The molecule has 0 radical (unpaired) electrons. The summed E-state index contributed by atoms with van der Waals surface area (Å²) in [4.78, 5) is 11.7. The van der Waals surface area contributed by atoms with Crippen LogP contribution in [0.4, 0.5) is 4.39 Å². The number of hydrogen-bond acceptors (Lipinski definition) is 5. The molecule has 0 bridgehead atoms. The first-order valence-electron chi connectivity index (χ1n) is 7.57. The number of rotatable bonds is 4. The van der Waals surface area contributed by atoms with Crippen LogP contribution in [0.2, 0.25) is 0 Å². The fourth-order valence-corrected chi connectivity index (χ4v) is 4.67. The molecule has 3 aromatic rings. The Hall–Kier alpha value is -2.96. The van der Waals surface area contributed by atoms with Gasteiger partial charge in [-0.1, -0.05) is 17.3 Å². The van der Waals surface area contributed by atoms with Crippen LogP contribution in [0.5, 0.6) is 0 Å². The van der Waals surface area contributed by atoms with Gasteiger partial charge >= 0.3 is 5.97 Å². The lowest BCUT2D eigenvalue weighted by atomic mass is 10.2. The molecule has 0 aliphatic carbocycles. The summed E-state index contributed by atoms with van der Waals surface area (Å²) >= 11 is 1.07. The predicted molar refractivity (Wildman–Crippen MR) is 99.1 cm³/mol. The van der Waals surface area contributed by atoms with E-state index in [1.807, 2.05) is 0 Å². The first-order chi connectivity index (χ1) is 12.9. The van der Waals surface area contributed by atoms with Gasteiger partial charge in [0.15, 0.2) is 0 Å². The third-order valence-corrected chi connectivity index (χ3v) is 6.10.